The van der Waals surface area contributed by atoms with E-state index in [4.69, 9.17) is 18.9 Å². The van der Waals surface area contributed by atoms with Gasteiger partial charge in [0.05, 0.1) is 13.7 Å². The summed E-state index contributed by atoms with van der Waals surface area (Å²) in [7, 11) is 1.30. The Morgan fingerprint density at radius 2 is 1.68 bits per heavy atom. The van der Waals surface area contributed by atoms with Crippen molar-refractivity contribution >= 4 is 5.97 Å². The normalized spacial score (nSPS) is 36.8. The van der Waals surface area contributed by atoms with Crippen LogP contribution in [0.15, 0.2) is 12.2 Å². The number of carbonyl (C=O) groups is 1. The first-order valence-corrected chi connectivity index (χ1v) is 7.26. The van der Waals surface area contributed by atoms with Crippen molar-refractivity contribution in [1.29, 1.82) is 0 Å². The smallest absolute Gasteiger partial charge is 0.330 e. The van der Waals surface area contributed by atoms with E-state index in [1.54, 1.807) is 33.8 Å². The Morgan fingerprint density at radius 3 is 2.27 bits per heavy atom. The summed E-state index contributed by atoms with van der Waals surface area (Å²) in [4.78, 5) is 11.3. The predicted molar refractivity (Wildman–Crippen MR) is 75.9 cm³/mol. The van der Waals surface area contributed by atoms with Crippen LogP contribution in [0.25, 0.3) is 0 Å². The van der Waals surface area contributed by atoms with Crippen molar-refractivity contribution < 1.29 is 33.6 Å². The van der Waals surface area contributed by atoms with Gasteiger partial charge in [0, 0.05) is 6.08 Å². The topological polar surface area (TPSA) is 83.5 Å². The largest absolute Gasteiger partial charge is 0.466 e. The zero-order valence-corrected chi connectivity index (χ0v) is 13.6. The fourth-order valence-corrected chi connectivity index (χ4v) is 2.74. The molecule has 0 spiro atoms. The summed E-state index contributed by atoms with van der Waals surface area (Å²) in [5, 5.41) is 9.51. The number of hydrogen-bond donors (Lipinski definition) is 1. The monoisotopic (exact) mass is 316 g/mol. The van der Waals surface area contributed by atoms with Gasteiger partial charge < -0.3 is 28.8 Å². The van der Waals surface area contributed by atoms with Gasteiger partial charge in [-0.25, -0.2) is 4.79 Å². The number of esters is 1. The van der Waals surface area contributed by atoms with Gasteiger partial charge in [-0.15, -0.1) is 0 Å². The Balaban J connectivity index is 2.18. The van der Waals surface area contributed by atoms with Gasteiger partial charge in [0.1, 0.15) is 24.4 Å². The summed E-state index contributed by atoms with van der Waals surface area (Å²) in [6.07, 6.45) is 0.826. The van der Waals surface area contributed by atoms with Crippen LogP contribution in [0.3, 0.4) is 0 Å². The van der Waals surface area contributed by atoms with Gasteiger partial charge in [-0.1, -0.05) is 0 Å². The maximum Gasteiger partial charge on any atom is 0.330 e. The molecule has 0 radical (unpaired) electrons. The molecular formula is C15H24O7. The minimum absolute atomic E-state index is 0.193. The second kappa shape index (κ2) is 6.25. The fourth-order valence-electron chi connectivity index (χ4n) is 2.74. The van der Waals surface area contributed by atoms with Crippen LogP contribution in [0.1, 0.15) is 27.7 Å². The zero-order chi connectivity index (χ0) is 16.5. The third-order valence-electron chi connectivity index (χ3n) is 3.51. The molecule has 2 aliphatic rings. The number of aliphatic hydroxyl groups is 1. The molecule has 2 fully saturated rings. The van der Waals surface area contributed by atoms with Crippen molar-refractivity contribution in [3.63, 3.8) is 0 Å². The lowest BCUT2D eigenvalue weighted by molar-refractivity contribution is -0.175. The SMILES string of the molecule is COC(=O)/C=C\[C@@H]1OC(C)(C)O[C@H]1[C@@H]1OC(C)(C)O[C@@H]1CO. The maximum absolute atomic E-state index is 11.3. The number of ether oxygens (including phenoxy) is 5. The molecule has 0 saturated carbocycles. The first-order valence-electron chi connectivity index (χ1n) is 7.26. The second-order valence-corrected chi connectivity index (χ2v) is 6.27. The summed E-state index contributed by atoms with van der Waals surface area (Å²) in [6.45, 7) is 6.91. The quantitative estimate of drug-likeness (QED) is 0.605. The Morgan fingerprint density at radius 1 is 1.09 bits per heavy atom. The number of hydrogen-bond acceptors (Lipinski definition) is 7. The van der Waals surface area contributed by atoms with Gasteiger partial charge in [0.15, 0.2) is 11.6 Å². The first kappa shape index (κ1) is 17.4. The predicted octanol–water partition coefficient (Wildman–Crippen LogP) is 0.748. The Labute approximate surface area is 130 Å². The lowest BCUT2D eigenvalue weighted by atomic mass is 10.0. The van der Waals surface area contributed by atoms with E-state index in [0.717, 1.165) is 0 Å². The van der Waals surface area contributed by atoms with Crippen molar-refractivity contribution in [3.8, 4) is 0 Å². The highest BCUT2D eigenvalue weighted by Crippen LogP contribution is 2.38. The van der Waals surface area contributed by atoms with Crippen molar-refractivity contribution in [2.45, 2.75) is 63.7 Å². The Hall–Kier alpha value is -0.990. The van der Waals surface area contributed by atoms with E-state index >= 15 is 0 Å². The van der Waals surface area contributed by atoms with Crippen LogP contribution in [-0.2, 0) is 28.5 Å². The minimum Gasteiger partial charge on any atom is -0.466 e. The molecule has 126 valence electrons. The summed E-state index contributed by atoms with van der Waals surface area (Å²) in [5.41, 5.74) is 0. The molecular weight excluding hydrogens is 292 g/mol. The summed E-state index contributed by atoms with van der Waals surface area (Å²) in [6, 6.07) is 0. The van der Waals surface area contributed by atoms with Crippen molar-refractivity contribution in [3.05, 3.63) is 12.2 Å². The van der Waals surface area contributed by atoms with Crippen molar-refractivity contribution in [2.75, 3.05) is 13.7 Å². The van der Waals surface area contributed by atoms with Gasteiger partial charge >= 0.3 is 5.97 Å². The van der Waals surface area contributed by atoms with Gasteiger partial charge in [-0.05, 0) is 33.8 Å². The molecule has 2 heterocycles. The Kier molecular flexibility index (Phi) is 4.93. The molecule has 1 N–H and O–H groups in total. The number of carbonyl (C=O) groups excluding carboxylic acids is 1. The van der Waals surface area contributed by atoms with Crippen LogP contribution >= 0.6 is 0 Å². The first-order chi connectivity index (χ1) is 10.2. The van der Waals surface area contributed by atoms with Crippen LogP contribution in [0, 0.1) is 0 Å². The second-order valence-electron chi connectivity index (χ2n) is 6.27. The molecule has 7 nitrogen and oxygen atoms in total. The average Bonchev–Trinajstić information content (AvgIpc) is 2.91. The van der Waals surface area contributed by atoms with Crippen LogP contribution in [0.4, 0.5) is 0 Å². The summed E-state index contributed by atoms with van der Waals surface area (Å²) in [5.74, 6) is -2.12. The molecule has 0 aromatic heterocycles. The third-order valence-corrected chi connectivity index (χ3v) is 3.51. The van der Waals surface area contributed by atoms with E-state index < -0.39 is 42.0 Å². The molecule has 0 unspecified atom stereocenters. The van der Waals surface area contributed by atoms with Crippen LogP contribution in [0.5, 0.6) is 0 Å². The van der Waals surface area contributed by atoms with E-state index in [1.807, 2.05) is 0 Å². The van der Waals surface area contributed by atoms with Crippen LogP contribution in [0.2, 0.25) is 0 Å². The van der Waals surface area contributed by atoms with Gasteiger partial charge in [0.2, 0.25) is 0 Å². The van der Waals surface area contributed by atoms with Gasteiger partial charge in [-0.3, -0.25) is 0 Å². The molecule has 22 heavy (non-hydrogen) atoms. The van der Waals surface area contributed by atoms with Crippen molar-refractivity contribution in [1.82, 2.24) is 0 Å². The Bertz CT molecular complexity index is 443. The fraction of sp³-hybridized carbons (Fsp3) is 0.800. The highest BCUT2D eigenvalue weighted by molar-refractivity contribution is 5.81. The van der Waals surface area contributed by atoms with Crippen LogP contribution in [-0.4, -0.2) is 60.8 Å². The van der Waals surface area contributed by atoms with E-state index in [-0.39, 0.29) is 6.61 Å². The molecule has 4 atom stereocenters. The molecule has 0 bridgehead atoms. The summed E-state index contributed by atoms with van der Waals surface area (Å²) >= 11 is 0. The summed E-state index contributed by atoms with van der Waals surface area (Å²) < 4.78 is 27.8. The van der Waals surface area contributed by atoms with E-state index in [0.29, 0.717) is 0 Å². The number of rotatable bonds is 4. The molecule has 0 aromatic rings. The maximum atomic E-state index is 11.3. The molecule has 0 amide bonds. The van der Waals surface area contributed by atoms with Gasteiger partial charge in [0.25, 0.3) is 0 Å². The van der Waals surface area contributed by atoms with Crippen LogP contribution < -0.4 is 0 Å². The lowest BCUT2D eigenvalue weighted by Gasteiger charge is -2.24. The molecule has 0 aromatic carbocycles. The van der Waals surface area contributed by atoms with Gasteiger partial charge in [-0.2, -0.15) is 0 Å². The highest BCUT2D eigenvalue weighted by atomic mass is 16.8. The van der Waals surface area contributed by atoms with E-state index in [1.165, 1.54) is 13.2 Å². The van der Waals surface area contributed by atoms with Crippen molar-refractivity contribution in [2.24, 2.45) is 0 Å². The molecule has 2 rings (SSSR count). The average molecular weight is 316 g/mol. The number of methoxy groups -OCH3 is 1. The van der Waals surface area contributed by atoms with E-state index in [2.05, 4.69) is 4.74 Å². The third kappa shape index (κ3) is 3.85. The zero-order valence-electron chi connectivity index (χ0n) is 13.6. The molecule has 2 aliphatic heterocycles. The van der Waals surface area contributed by atoms with E-state index in [9.17, 15) is 9.90 Å². The highest BCUT2D eigenvalue weighted by Gasteiger charge is 2.52. The number of aliphatic hydroxyl groups excluding tert-OH is 1. The minimum atomic E-state index is -0.827. The molecule has 2 saturated heterocycles. The molecule has 7 heteroatoms. The standard InChI is InChI=1S/C15H24O7/c1-14(2)19-9(6-7-11(17)18-5)12(21-14)13-10(8-16)20-15(3,4)22-13/h6-7,9-10,12-13,16H,8H2,1-5H3/b7-6-/t9-,10+,12+,13+/m0/s1. The molecule has 0 aliphatic carbocycles. The lowest BCUT2D eigenvalue weighted by Crippen LogP contribution is -2.42.